The van der Waals surface area contributed by atoms with Crippen LogP contribution in [0.3, 0.4) is 0 Å². The Morgan fingerprint density at radius 2 is 2.64 bits per heavy atom. The van der Waals surface area contributed by atoms with Crippen molar-refractivity contribution in [2.24, 2.45) is 0 Å². The van der Waals surface area contributed by atoms with E-state index in [9.17, 15) is 0 Å². The minimum atomic E-state index is 0.983. The Balaban J connectivity index is 2.38. The van der Waals surface area contributed by atoms with E-state index >= 15 is 0 Å². The molecule has 0 fully saturated rings. The number of nitrogens with zero attached hydrogens (tertiary/aromatic N) is 2. The maximum Gasteiger partial charge on any atom is 0.0759 e. The molecule has 3 heteroatoms. The molecule has 3 nitrogen and oxygen atoms in total. The van der Waals surface area contributed by atoms with Gasteiger partial charge in [-0.15, -0.1) is 0 Å². The van der Waals surface area contributed by atoms with E-state index in [1.54, 1.807) is 0 Å². The maximum absolute atomic E-state index is 4.27. The summed E-state index contributed by atoms with van der Waals surface area (Å²) in [7, 11) is 0. The molecule has 2 heterocycles. The van der Waals surface area contributed by atoms with Gasteiger partial charge in [-0.25, -0.2) is 0 Å². The summed E-state index contributed by atoms with van der Waals surface area (Å²) < 4.78 is 2.07. The minimum Gasteiger partial charge on any atom is -0.382 e. The van der Waals surface area contributed by atoms with E-state index in [2.05, 4.69) is 22.0 Å². The van der Waals surface area contributed by atoms with Crippen molar-refractivity contribution in [2.45, 2.75) is 26.3 Å². The summed E-state index contributed by atoms with van der Waals surface area (Å²) in [6.07, 6.45) is 4.34. The highest BCUT2D eigenvalue weighted by Gasteiger charge is 2.12. The van der Waals surface area contributed by atoms with Gasteiger partial charge in [-0.3, -0.25) is 4.68 Å². The average molecular weight is 151 g/mol. The number of hydrogen-bond acceptors (Lipinski definition) is 2. The molecule has 0 atom stereocenters. The molecule has 11 heavy (non-hydrogen) atoms. The number of nitrogens with one attached hydrogen (secondary N) is 1. The third-order valence-corrected chi connectivity index (χ3v) is 2.15. The van der Waals surface area contributed by atoms with Crippen molar-refractivity contribution in [1.82, 2.24) is 9.78 Å². The van der Waals surface area contributed by atoms with Crippen LogP contribution in [0.2, 0.25) is 0 Å². The number of aryl methyl sites for hydroxylation is 1. The largest absolute Gasteiger partial charge is 0.382 e. The zero-order valence-corrected chi connectivity index (χ0v) is 6.80. The van der Waals surface area contributed by atoms with Gasteiger partial charge in [-0.05, 0) is 19.8 Å². The first-order valence-corrected chi connectivity index (χ1v) is 4.20. The Morgan fingerprint density at radius 3 is 3.45 bits per heavy atom. The van der Waals surface area contributed by atoms with Crippen LogP contribution < -0.4 is 5.32 Å². The molecule has 1 aliphatic heterocycles. The smallest absolute Gasteiger partial charge is 0.0759 e. The van der Waals surface area contributed by atoms with Crippen molar-refractivity contribution in [3.63, 3.8) is 0 Å². The molecule has 1 aromatic heterocycles. The molecule has 0 saturated carbocycles. The van der Waals surface area contributed by atoms with Gasteiger partial charge in [0, 0.05) is 13.1 Å². The quantitative estimate of drug-likeness (QED) is 0.655. The first kappa shape index (κ1) is 6.70. The fourth-order valence-electron chi connectivity index (χ4n) is 1.57. The first-order valence-electron chi connectivity index (χ1n) is 4.20. The van der Waals surface area contributed by atoms with Crippen LogP contribution >= 0.6 is 0 Å². The molecule has 0 aliphatic carbocycles. The van der Waals surface area contributed by atoms with Crippen LogP contribution in [0, 0.1) is 0 Å². The minimum absolute atomic E-state index is 0.983. The third-order valence-electron chi connectivity index (χ3n) is 2.15. The van der Waals surface area contributed by atoms with Crippen molar-refractivity contribution < 1.29 is 0 Å². The molecule has 0 radical (unpaired) electrons. The van der Waals surface area contributed by atoms with Crippen LogP contribution in [0.1, 0.15) is 19.0 Å². The summed E-state index contributed by atoms with van der Waals surface area (Å²) in [5.74, 6) is 0. The lowest BCUT2D eigenvalue weighted by Crippen LogP contribution is -2.13. The van der Waals surface area contributed by atoms with E-state index in [1.807, 2.05) is 6.20 Å². The zero-order chi connectivity index (χ0) is 7.68. The normalized spacial score (nSPS) is 15.7. The molecular weight excluding hydrogens is 138 g/mol. The van der Waals surface area contributed by atoms with Crippen LogP contribution in [0.4, 0.5) is 5.69 Å². The fourth-order valence-corrected chi connectivity index (χ4v) is 1.57. The lowest BCUT2D eigenvalue weighted by Gasteiger charge is -2.14. The molecule has 1 N–H and O–H groups in total. The van der Waals surface area contributed by atoms with Crippen molar-refractivity contribution in [3.05, 3.63) is 11.9 Å². The Morgan fingerprint density at radius 1 is 1.73 bits per heavy atom. The third kappa shape index (κ3) is 1.00. The predicted octanol–water partition coefficient (Wildman–Crippen LogP) is 1.26. The van der Waals surface area contributed by atoms with E-state index in [-0.39, 0.29) is 0 Å². The van der Waals surface area contributed by atoms with E-state index in [1.165, 1.54) is 24.2 Å². The van der Waals surface area contributed by atoms with Crippen LogP contribution in [0.15, 0.2) is 6.20 Å². The number of aromatic nitrogens is 2. The molecule has 0 aromatic carbocycles. The lowest BCUT2D eigenvalue weighted by molar-refractivity contribution is 0.609. The van der Waals surface area contributed by atoms with E-state index in [0.717, 1.165) is 13.1 Å². The molecule has 1 aromatic rings. The number of fused-ring (bicyclic) bond motifs is 1. The average Bonchev–Trinajstić information content (AvgIpc) is 2.47. The zero-order valence-electron chi connectivity index (χ0n) is 6.80. The summed E-state index contributed by atoms with van der Waals surface area (Å²) >= 11 is 0. The summed E-state index contributed by atoms with van der Waals surface area (Å²) in [6.45, 7) is 4.21. The molecule has 0 spiro atoms. The van der Waals surface area contributed by atoms with Gasteiger partial charge in [-0.1, -0.05) is 0 Å². The number of rotatable bonds is 1. The van der Waals surface area contributed by atoms with Gasteiger partial charge < -0.3 is 5.32 Å². The van der Waals surface area contributed by atoms with Gasteiger partial charge in [0.1, 0.15) is 0 Å². The van der Waals surface area contributed by atoms with Crippen molar-refractivity contribution in [1.29, 1.82) is 0 Å². The van der Waals surface area contributed by atoms with Crippen molar-refractivity contribution >= 4 is 5.69 Å². The standard InChI is InChI=1S/C8H13N3/c1-2-11-8-4-3-5-9-7(8)6-10-11/h6,9H,2-5H2,1H3. The Kier molecular flexibility index (Phi) is 1.56. The summed E-state index contributed by atoms with van der Waals surface area (Å²) in [5, 5.41) is 7.60. The highest BCUT2D eigenvalue weighted by molar-refractivity contribution is 5.48. The molecule has 0 unspecified atom stereocenters. The molecule has 2 rings (SSSR count). The fraction of sp³-hybridized carbons (Fsp3) is 0.625. The summed E-state index contributed by atoms with van der Waals surface area (Å²) in [6, 6.07) is 0. The molecule has 1 aliphatic rings. The molecule has 60 valence electrons. The van der Waals surface area contributed by atoms with Gasteiger partial charge in [0.2, 0.25) is 0 Å². The molecule has 0 amide bonds. The van der Waals surface area contributed by atoms with Crippen molar-refractivity contribution in [3.8, 4) is 0 Å². The Bertz CT molecular complexity index is 238. The summed E-state index contributed by atoms with van der Waals surface area (Å²) in [5.41, 5.74) is 2.61. The van der Waals surface area contributed by atoms with Crippen LogP contribution in [0.25, 0.3) is 0 Å². The van der Waals surface area contributed by atoms with Gasteiger partial charge in [0.25, 0.3) is 0 Å². The molecule has 0 bridgehead atoms. The SMILES string of the molecule is CCn1ncc2c1CCCN2. The first-order chi connectivity index (χ1) is 5.42. The Labute approximate surface area is 66.4 Å². The van der Waals surface area contributed by atoms with E-state index in [4.69, 9.17) is 0 Å². The lowest BCUT2D eigenvalue weighted by atomic mass is 10.1. The van der Waals surface area contributed by atoms with Crippen LogP contribution in [-0.2, 0) is 13.0 Å². The van der Waals surface area contributed by atoms with Gasteiger partial charge in [-0.2, -0.15) is 5.10 Å². The van der Waals surface area contributed by atoms with E-state index in [0.29, 0.717) is 0 Å². The monoisotopic (exact) mass is 151 g/mol. The second-order valence-electron chi connectivity index (χ2n) is 2.85. The molecular formula is C8H13N3. The molecule has 0 saturated heterocycles. The second kappa shape index (κ2) is 2.57. The van der Waals surface area contributed by atoms with Crippen LogP contribution in [-0.4, -0.2) is 16.3 Å². The highest BCUT2D eigenvalue weighted by atomic mass is 15.3. The van der Waals surface area contributed by atoms with E-state index < -0.39 is 0 Å². The topological polar surface area (TPSA) is 29.9 Å². The second-order valence-corrected chi connectivity index (χ2v) is 2.85. The Hall–Kier alpha value is -0.990. The number of anilines is 1. The van der Waals surface area contributed by atoms with Crippen LogP contribution in [0.5, 0.6) is 0 Å². The predicted molar refractivity (Wildman–Crippen MR) is 44.7 cm³/mol. The van der Waals surface area contributed by atoms with Gasteiger partial charge in [0.05, 0.1) is 17.6 Å². The van der Waals surface area contributed by atoms with Crippen molar-refractivity contribution in [2.75, 3.05) is 11.9 Å². The highest BCUT2D eigenvalue weighted by Crippen LogP contribution is 2.20. The van der Waals surface area contributed by atoms with Gasteiger partial charge in [0.15, 0.2) is 0 Å². The maximum atomic E-state index is 4.27. The summed E-state index contributed by atoms with van der Waals surface area (Å²) in [4.78, 5) is 0. The van der Waals surface area contributed by atoms with Gasteiger partial charge >= 0.3 is 0 Å². The number of hydrogen-bond donors (Lipinski definition) is 1.